The van der Waals surface area contributed by atoms with Gasteiger partial charge in [0.05, 0.1) is 12.7 Å². The summed E-state index contributed by atoms with van der Waals surface area (Å²) in [6.45, 7) is 4.84. The topological polar surface area (TPSA) is 64.7 Å². The number of fused-ring (bicyclic) bond motifs is 1. The summed E-state index contributed by atoms with van der Waals surface area (Å²) >= 11 is 0. The molecule has 0 fully saturated rings. The fourth-order valence-electron chi connectivity index (χ4n) is 2.12. The van der Waals surface area contributed by atoms with Gasteiger partial charge in [0.2, 0.25) is 0 Å². The number of aliphatic hydroxyl groups is 1. The average Bonchev–Trinajstić information content (AvgIpc) is 2.63. The van der Waals surface area contributed by atoms with Gasteiger partial charge in [-0.05, 0) is 19.9 Å². The van der Waals surface area contributed by atoms with Crippen LogP contribution < -0.4 is 15.2 Å². The molecule has 18 heavy (non-hydrogen) atoms. The van der Waals surface area contributed by atoms with Gasteiger partial charge in [-0.15, -0.1) is 0 Å². The van der Waals surface area contributed by atoms with Gasteiger partial charge in [0.15, 0.2) is 11.5 Å². The monoisotopic (exact) mass is 251 g/mol. The third-order valence-electron chi connectivity index (χ3n) is 3.04. The molecule has 0 bridgehead atoms. The summed E-state index contributed by atoms with van der Waals surface area (Å²) < 4.78 is 11.6. The zero-order chi connectivity index (χ0) is 13.2. The summed E-state index contributed by atoms with van der Waals surface area (Å²) in [6.07, 6.45) is 0.924. The van der Waals surface area contributed by atoms with E-state index in [1.807, 2.05) is 12.1 Å². The number of nitrogens with two attached hydrogens (primary N) is 1. The van der Waals surface area contributed by atoms with E-state index in [9.17, 15) is 5.11 Å². The van der Waals surface area contributed by atoms with Crippen molar-refractivity contribution in [3.05, 3.63) is 23.8 Å². The van der Waals surface area contributed by atoms with Crippen LogP contribution in [0.1, 0.15) is 25.8 Å². The molecule has 4 nitrogen and oxygen atoms in total. The van der Waals surface area contributed by atoms with Gasteiger partial charge in [-0.1, -0.05) is 12.1 Å². The SMILES string of the molecule is CC1(C)Cc2cccc(OCCC(O)CN)c2O1. The molecule has 1 unspecified atom stereocenters. The van der Waals surface area contributed by atoms with Gasteiger partial charge < -0.3 is 20.3 Å². The Morgan fingerprint density at radius 3 is 3.00 bits per heavy atom. The molecule has 1 atom stereocenters. The molecule has 0 saturated carbocycles. The van der Waals surface area contributed by atoms with Gasteiger partial charge in [-0.2, -0.15) is 0 Å². The second kappa shape index (κ2) is 5.16. The third-order valence-corrected chi connectivity index (χ3v) is 3.04. The first-order valence-corrected chi connectivity index (χ1v) is 6.34. The number of ether oxygens (including phenoxy) is 2. The zero-order valence-electron chi connectivity index (χ0n) is 11.0. The lowest BCUT2D eigenvalue weighted by Crippen LogP contribution is -2.25. The Kier molecular flexibility index (Phi) is 3.78. The van der Waals surface area contributed by atoms with Crippen molar-refractivity contribution in [3.63, 3.8) is 0 Å². The summed E-state index contributed by atoms with van der Waals surface area (Å²) in [5.41, 5.74) is 6.36. The predicted molar refractivity (Wildman–Crippen MR) is 70.0 cm³/mol. The van der Waals surface area contributed by atoms with Crippen LogP contribution in [0.15, 0.2) is 18.2 Å². The third kappa shape index (κ3) is 2.94. The summed E-state index contributed by atoms with van der Waals surface area (Å²) in [6, 6.07) is 5.93. The standard InChI is InChI=1S/C14H21NO3/c1-14(2)8-10-4-3-5-12(13(10)18-14)17-7-6-11(16)9-15/h3-5,11,16H,6-9,15H2,1-2H3. The molecule has 100 valence electrons. The molecule has 0 spiro atoms. The van der Waals surface area contributed by atoms with Crippen molar-refractivity contribution >= 4 is 0 Å². The first-order chi connectivity index (χ1) is 8.52. The maximum absolute atomic E-state index is 9.38. The van der Waals surface area contributed by atoms with E-state index in [-0.39, 0.29) is 12.1 Å². The molecule has 0 radical (unpaired) electrons. The average molecular weight is 251 g/mol. The first-order valence-electron chi connectivity index (χ1n) is 6.34. The number of para-hydroxylation sites is 1. The van der Waals surface area contributed by atoms with E-state index in [1.165, 1.54) is 5.56 Å². The maximum atomic E-state index is 9.38. The largest absolute Gasteiger partial charge is 0.490 e. The van der Waals surface area contributed by atoms with Crippen LogP contribution in [0.5, 0.6) is 11.5 Å². The Labute approximate surface area is 108 Å². The highest BCUT2D eigenvalue weighted by atomic mass is 16.5. The number of aliphatic hydroxyl groups excluding tert-OH is 1. The van der Waals surface area contributed by atoms with Crippen LogP contribution in [-0.2, 0) is 6.42 Å². The molecule has 1 aromatic carbocycles. The smallest absolute Gasteiger partial charge is 0.165 e. The minimum Gasteiger partial charge on any atom is -0.490 e. The van der Waals surface area contributed by atoms with Gasteiger partial charge >= 0.3 is 0 Å². The van der Waals surface area contributed by atoms with Crippen LogP contribution in [0.4, 0.5) is 0 Å². The summed E-state index contributed by atoms with van der Waals surface area (Å²) in [4.78, 5) is 0. The maximum Gasteiger partial charge on any atom is 0.165 e. The zero-order valence-corrected chi connectivity index (χ0v) is 11.0. The van der Waals surface area contributed by atoms with Crippen LogP contribution in [-0.4, -0.2) is 30.0 Å². The molecule has 0 amide bonds. The van der Waals surface area contributed by atoms with Crippen LogP contribution in [0, 0.1) is 0 Å². The van der Waals surface area contributed by atoms with E-state index in [1.54, 1.807) is 0 Å². The minimum absolute atomic E-state index is 0.168. The molecule has 1 aliphatic rings. The highest BCUT2D eigenvalue weighted by Crippen LogP contribution is 2.41. The molecule has 0 aromatic heterocycles. The Balaban J connectivity index is 2.01. The van der Waals surface area contributed by atoms with Crippen LogP contribution in [0.25, 0.3) is 0 Å². The van der Waals surface area contributed by atoms with Gasteiger partial charge in [-0.3, -0.25) is 0 Å². The quantitative estimate of drug-likeness (QED) is 0.832. The Morgan fingerprint density at radius 1 is 1.50 bits per heavy atom. The molecule has 3 N–H and O–H groups in total. The van der Waals surface area contributed by atoms with E-state index in [0.29, 0.717) is 13.0 Å². The number of hydrogen-bond donors (Lipinski definition) is 2. The number of benzene rings is 1. The van der Waals surface area contributed by atoms with Crippen molar-refractivity contribution in [2.75, 3.05) is 13.2 Å². The normalized spacial score (nSPS) is 18.0. The molecule has 1 heterocycles. The van der Waals surface area contributed by atoms with E-state index in [0.717, 1.165) is 17.9 Å². The lowest BCUT2D eigenvalue weighted by molar-refractivity contribution is 0.124. The molecule has 2 rings (SSSR count). The lowest BCUT2D eigenvalue weighted by Gasteiger charge is -2.18. The molecule has 0 aliphatic carbocycles. The lowest BCUT2D eigenvalue weighted by atomic mass is 10.0. The van der Waals surface area contributed by atoms with Gasteiger partial charge in [-0.25, -0.2) is 0 Å². The van der Waals surface area contributed by atoms with Crippen molar-refractivity contribution in [1.29, 1.82) is 0 Å². The molecular weight excluding hydrogens is 230 g/mol. The van der Waals surface area contributed by atoms with Crippen molar-refractivity contribution in [3.8, 4) is 11.5 Å². The highest BCUT2D eigenvalue weighted by molar-refractivity contribution is 5.50. The van der Waals surface area contributed by atoms with Gasteiger partial charge in [0, 0.05) is 24.9 Å². The fourth-order valence-corrected chi connectivity index (χ4v) is 2.12. The minimum atomic E-state index is -0.501. The molecule has 1 aliphatic heterocycles. The van der Waals surface area contributed by atoms with Crippen molar-refractivity contribution in [2.24, 2.45) is 5.73 Å². The first kappa shape index (κ1) is 13.2. The second-order valence-electron chi connectivity index (χ2n) is 5.31. The number of rotatable bonds is 5. The van der Waals surface area contributed by atoms with E-state index in [4.69, 9.17) is 15.2 Å². The molecule has 1 aromatic rings. The van der Waals surface area contributed by atoms with Crippen LogP contribution in [0.3, 0.4) is 0 Å². The Hall–Kier alpha value is -1.26. The van der Waals surface area contributed by atoms with Crippen molar-refractivity contribution in [2.45, 2.75) is 38.4 Å². The molecule has 4 heteroatoms. The van der Waals surface area contributed by atoms with E-state index in [2.05, 4.69) is 19.9 Å². The van der Waals surface area contributed by atoms with E-state index >= 15 is 0 Å². The molecule has 0 saturated heterocycles. The Morgan fingerprint density at radius 2 is 2.28 bits per heavy atom. The highest BCUT2D eigenvalue weighted by Gasteiger charge is 2.32. The molecular formula is C14H21NO3. The van der Waals surface area contributed by atoms with E-state index < -0.39 is 6.10 Å². The second-order valence-corrected chi connectivity index (χ2v) is 5.31. The summed E-state index contributed by atoms with van der Waals surface area (Å²) in [5, 5.41) is 9.38. The predicted octanol–water partition coefficient (Wildman–Crippen LogP) is 1.49. The number of hydrogen-bond acceptors (Lipinski definition) is 4. The van der Waals surface area contributed by atoms with Crippen molar-refractivity contribution < 1.29 is 14.6 Å². The fraction of sp³-hybridized carbons (Fsp3) is 0.571. The summed E-state index contributed by atoms with van der Waals surface area (Å²) in [5.74, 6) is 1.59. The van der Waals surface area contributed by atoms with Crippen molar-refractivity contribution in [1.82, 2.24) is 0 Å². The van der Waals surface area contributed by atoms with Crippen LogP contribution >= 0.6 is 0 Å². The Bertz CT molecular complexity index is 418. The van der Waals surface area contributed by atoms with Gasteiger partial charge in [0.25, 0.3) is 0 Å². The summed E-state index contributed by atoms with van der Waals surface area (Å²) in [7, 11) is 0. The van der Waals surface area contributed by atoms with Gasteiger partial charge in [0.1, 0.15) is 5.60 Å². The van der Waals surface area contributed by atoms with Crippen LogP contribution in [0.2, 0.25) is 0 Å².